The molecule has 0 aromatic carbocycles. The van der Waals surface area contributed by atoms with Gasteiger partial charge in [-0.2, -0.15) is 0 Å². The monoisotopic (exact) mass is 429 g/mol. The molecule has 29 heavy (non-hydrogen) atoms. The molecule has 0 unspecified atom stereocenters. The molecule has 10 nitrogen and oxygen atoms in total. The number of nitrogens with zero attached hydrogens (tertiary/aromatic N) is 1. The summed E-state index contributed by atoms with van der Waals surface area (Å²) in [6.45, 7) is 9.90. The molecule has 0 aliphatic carbocycles. The molecule has 0 spiro atoms. The zero-order chi connectivity index (χ0) is 22.2. The van der Waals surface area contributed by atoms with Crippen molar-refractivity contribution in [3.63, 3.8) is 0 Å². The minimum absolute atomic E-state index is 0.0179. The minimum atomic E-state index is -2.12. The van der Waals surface area contributed by atoms with E-state index in [0.29, 0.717) is 6.29 Å². The number of amides is 1. The predicted molar refractivity (Wildman–Crippen MR) is 109 cm³/mol. The number of aromatic nitrogens is 2. The summed E-state index contributed by atoms with van der Waals surface area (Å²) < 4.78 is 18.2. The summed E-state index contributed by atoms with van der Waals surface area (Å²) in [5, 5.41) is 2.36. The second-order valence-corrected chi connectivity index (χ2v) is 12.9. The van der Waals surface area contributed by atoms with Gasteiger partial charge in [0.15, 0.2) is 20.8 Å². The van der Waals surface area contributed by atoms with Gasteiger partial charge in [-0.3, -0.25) is 19.1 Å². The summed E-state index contributed by atoms with van der Waals surface area (Å²) in [6, 6.07) is 1.15. The lowest BCUT2D eigenvalue weighted by Gasteiger charge is -2.37. The SMILES string of the molecule is CNC(=O)COC[C@@H](O[C@H](C=O)CO[Si](C)(C)C(C)(C)C)n1ccc(=O)[nH]c1=O. The maximum absolute atomic E-state index is 12.1. The van der Waals surface area contributed by atoms with E-state index in [4.69, 9.17) is 13.9 Å². The molecule has 0 saturated heterocycles. The van der Waals surface area contributed by atoms with Crippen LogP contribution in [0.15, 0.2) is 21.9 Å². The molecular weight excluding hydrogens is 398 g/mol. The van der Waals surface area contributed by atoms with Gasteiger partial charge < -0.3 is 24.0 Å². The highest BCUT2D eigenvalue weighted by molar-refractivity contribution is 6.74. The van der Waals surface area contributed by atoms with Gasteiger partial charge in [-0.15, -0.1) is 0 Å². The molecule has 2 N–H and O–H groups in total. The van der Waals surface area contributed by atoms with Crippen molar-refractivity contribution in [2.24, 2.45) is 0 Å². The van der Waals surface area contributed by atoms with Gasteiger partial charge >= 0.3 is 5.69 Å². The first-order valence-electron chi connectivity index (χ1n) is 9.26. The van der Waals surface area contributed by atoms with E-state index in [-0.39, 0.29) is 30.8 Å². The van der Waals surface area contributed by atoms with Gasteiger partial charge in [0.05, 0.1) is 13.2 Å². The number of aromatic amines is 1. The van der Waals surface area contributed by atoms with Crippen molar-refractivity contribution in [2.75, 3.05) is 26.9 Å². The van der Waals surface area contributed by atoms with Crippen LogP contribution in [0.25, 0.3) is 0 Å². The van der Waals surface area contributed by atoms with Crippen LogP contribution in [-0.4, -0.2) is 63.0 Å². The van der Waals surface area contributed by atoms with Crippen LogP contribution in [0.5, 0.6) is 0 Å². The van der Waals surface area contributed by atoms with E-state index in [9.17, 15) is 19.2 Å². The number of hydrogen-bond donors (Lipinski definition) is 2. The van der Waals surface area contributed by atoms with Gasteiger partial charge in [0.1, 0.15) is 12.7 Å². The molecule has 0 saturated carbocycles. The Morgan fingerprint density at radius 3 is 2.48 bits per heavy atom. The van der Waals surface area contributed by atoms with E-state index in [1.165, 1.54) is 13.2 Å². The fraction of sp³-hybridized carbons (Fsp3) is 0.667. The van der Waals surface area contributed by atoms with E-state index in [0.717, 1.165) is 10.6 Å². The number of ether oxygens (including phenoxy) is 2. The van der Waals surface area contributed by atoms with Crippen molar-refractivity contribution in [2.45, 2.75) is 51.2 Å². The summed E-state index contributed by atoms with van der Waals surface area (Å²) in [6.07, 6.45) is -0.167. The standard InChI is InChI=1S/C18H31N3O7Si/c1-18(2,3)29(5,6)27-10-13(9-22)28-16(12-26-11-15(24)19-4)21-8-7-14(23)20-17(21)25/h7-9,13,16H,10-12H2,1-6H3,(H,19,24)(H,20,23,25)/t13-,16-/m1/s1. The maximum atomic E-state index is 12.1. The van der Waals surface area contributed by atoms with E-state index < -0.39 is 31.9 Å². The van der Waals surface area contributed by atoms with Crippen molar-refractivity contribution in [1.29, 1.82) is 0 Å². The molecule has 1 heterocycles. The third-order valence-electron chi connectivity index (χ3n) is 4.83. The van der Waals surface area contributed by atoms with Gasteiger partial charge in [-0.25, -0.2) is 4.79 Å². The molecule has 1 aromatic heterocycles. The zero-order valence-corrected chi connectivity index (χ0v) is 18.8. The Bertz CT molecular complexity index is 798. The van der Waals surface area contributed by atoms with Crippen LogP contribution in [0, 0.1) is 0 Å². The Labute approximate surface area is 170 Å². The fourth-order valence-corrected chi connectivity index (χ4v) is 3.00. The fourth-order valence-electron chi connectivity index (χ4n) is 1.98. The quantitative estimate of drug-likeness (QED) is 0.385. The van der Waals surface area contributed by atoms with Crippen molar-refractivity contribution in [3.8, 4) is 0 Å². The zero-order valence-electron chi connectivity index (χ0n) is 17.8. The molecule has 0 aliphatic rings. The molecule has 0 radical (unpaired) electrons. The lowest BCUT2D eigenvalue weighted by Crippen LogP contribution is -2.44. The van der Waals surface area contributed by atoms with Crippen molar-refractivity contribution in [1.82, 2.24) is 14.9 Å². The van der Waals surface area contributed by atoms with Crippen LogP contribution in [-0.2, 0) is 23.5 Å². The average Bonchev–Trinajstić information content (AvgIpc) is 2.62. The van der Waals surface area contributed by atoms with Gasteiger partial charge in [-0.05, 0) is 18.1 Å². The van der Waals surface area contributed by atoms with Crippen molar-refractivity contribution < 1.29 is 23.5 Å². The first kappa shape index (κ1) is 25.0. The highest BCUT2D eigenvalue weighted by Gasteiger charge is 2.38. The summed E-state index contributed by atoms with van der Waals surface area (Å²) in [7, 11) is -0.652. The third kappa shape index (κ3) is 7.69. The minimum Gasteiger partial charge on any atom is -0.414 e. The van der Waals surface area contributed by atoms with Crippen LogP contribution >= 0.6 is 0 Å². The summed E-state index contributed by atoms with van der Waals surface area (Å²) >= 11 is 0. The first-order valence-corrected chi connectivity index (χ1v) is 12.2. The number of aldehydes is 1. The molecule has 164 valence electrons. The number of carbonyl (C=O) groups excluding carboxylic acids is 2. The summed E-state index contributed by atoms with van der Waals surface area (Å²) in [4.78, 5) is 48.5. The molecule has 1 aromatic rings. The molecule has 11 heteroatoms. The summed E-state index contributed by atoms with van der Waals surface area (Å²) in [5.41, 5.74) is -1.29. The topological polar surface area (TPSA) is 129 Å². The van der Waals surface area contributed by atoms with Crippen LogP contribution < -0.4 is 16.6 Å². The van der Waals surface area contributed by atoms with Crippen LogP contribution in [0.3, 0.4) is 0 Å². The Kier molecular flexibility index (Phi) is 9.14. The molecule has 1 rings (SSSR count). The molecule has 0 bridgehead atoms. The maximum Gasteiger partial charge on any atom is 0.330 e. The Morgan fingerprint density at radius 1 is 1.31 bits per heavy atom. The second kappa shape index (κ2) is 10.6. The molecule has 1 amide bonds. The normalized spacial score (nSPS) is 14.3. The largest absolute Gasteiger partial charge is 0.414 e. The molecule has 2 atom stereocenters. The van der Waals surface area contributed by atoms with Crippen LogP contribution in [0.1, 0.15) is 27.0 Å². The number of likely N-dealkylation sites (N-methyl/N-ethyl adjacent to an activating group) is 1. The smallest absolute Gasteiger partial charge is 0.330 e. The van der Waals surface area contributed by atoms with E-state index in [1.54, 1.807) is 0 Å². The lowest BCUT2D eigenvalue weighted by molar-refractivity contribution is -0.142. The van der Waals surface area contributed by atoms with Crippen LogP contribution in [0.4, 0.5) is 0 Å². The highest BCUT2D eigenvalue weighted by atomic mass is 28.4. The van der Waals surface area contributed by atoms with E-state index in [2.05, 4.69) is 31.1 Å². The third-order valence-corrected chi connectivity index (χ3v) is 9.33. The number of carbonyl (C=O) groups is 2. The van der Waals surface area contributed by atoms with Crippen molar-refractivity contribution >= 4 is 20.5 Å². The Morgan fingerprint density at radius 2 is 1.97 bits per heavy atom. The molecule has 0 aliphatic heterocycles. The van der Waals surface area contributed by atoms with Gasteiger partial charge in [0.2, 0.25) is 5.91 Å². The Hall–Kier alpha value is -2.08. The van der Waals surface area contributed by atoms with Gasteiger partial charge in [0.25, 0.3) is 5.56 Å². The van der Waals surface area contributed by atoms with E-state index >= 15 is 0 Å². The lowest BCUT2D eigenvalue weighted by atomic mass is 10.2. The first-order chi connectivity index (χ1) is 13.4. The van der Waals surface area contributed by atoms with E-state index in [1.807, 2.05) is 13.1 Å². The number of hydrogen-bond acceptors (Lipinski definition) is 7. The molecule has 0 fully saturated rings. The van der Waals surface area contributed by atoms with Gasteiger partial charge in [0, 0.05) is 19.3 Å². The summed E-state index contributed by atoms with van der Waals surface area (Å²) in [5.74, 6) is -0.356. The molecular formula is C18H31N3O7Si. The van der Waals surface area contributed by atoms with Crippen molar-refractivity contribution in [3.05, 3.63) is 33.1 Å². The average molecular weight is 430 g/mol. The highest BCUT2D eigenvalue weighted by Crippen LogP contribution is 2.36. The number of H-pyrrole nitrogens is 1. The predicted octanol–water partition coefficient (Wildman–Crippen LogP) is 0.404. The van der Waals surface area contributed by atoms with Gasteiger partial charge in [-0.1, -0.05) is 20.8 Å². The number of rotatable bonds is 11. The second-order valence-electron chi connectivity index (χ2n) is 8.04. The Balaban J connectivity index is 2.95. The number of nitrogens with one attached hydrogen (secondary N) is 2. The van der Waals surface area contributed by atoms with Crippen LogP contribution in [0.2, 0.25) is 18.1 Å².